The summed E-state index contributed by atoms with van der Waals surface area (Å²) in [6.07, 6.45) is 8.57. The Morgan fingerprint density at radius 3 is 2.92 bits per heavy atom. The second kappa shape index (κ2) is 5.28. The van der Waals surface area contributed by atoms with E-state index in [0.717, 1.165) is 56.1 Å². The van der Waals surface area contributed by atoms with Crippen molar-refractivity contribution in [2.75, 3.05) is 13.1 Å². The zero-order valence-corrected chi connectivity index (χ0v) is 14.0. The highest BCUT2D eigenvalue weighted by Crippen LogP contribution is 2.47. The van der Waals surface area contributed by atoms with Gasteiger partial charge in [-0.1, -0.05) is 6.42 Å². The first kappa shape index (κ1) is 14.9. The third kappa shape index (κ3) is 2.33. The highest BCUT2D eigenvalue weighted by atomic mass is 16.2. The van der Waals surface area contributed by atoms with Gasteiger partial charge in [-0.25, -0.2) is 0 Å². The van der Waals surface area contributed by atoms with E-state index in [1.165, 1.54) is 0 Å². The van der Waals surface area contributed by atoms with Crippen molar-refractivity contribution in [2.45, 2.75) is 38.1 Å². The van der Waals surface area contributed by atoms with E-state index in [-0.39, 0.29) is 23.3 Å². The highest BCUT2D eigenvalue weighted by molar-refractivity contribution is 6.04. The molecule has 2 aromatic rings. The van der Waals surface area contributed by atoms with Crippen LogP contribution in [0.4, 0.5) is 0 Å². The van der Waals surface area contributed by atoms with Crippen molar-refractivity contribution >= 4 is 22.7 Å². The Morgan fingerprint density at radius 1 is 1.28 bits per heavy atom. The topological polar surface area (TPSA) is 91.0 Å². The monoisotopic (exact) mass is 339 g/mol. The van der Waals surface area contributed by atoms with E-state index < -0.39 is 0 Å². The van der Waals surface area contributed by atoms with Crippen LogP contribution < -0.4 is 5.32 Å². The van der Waals surface area contributed by atoms with Gasteiger partial charge in [0.2, 0.25) is 5.91 Å². The van der Waals surface area contributed by atoms with Gasteiger partial charge in [-0.2, -0.15) is 5.10 Å². The third-order valence-electron chi connectivity index (χ3n) is 6.04. The first-order chi connectivity index (χ1) is 12.2. The van der Waals surface area contributed by atoms with Crippen molar-refractivity contribution in [3.8, 4) is 0 Å². The number of aromatic amines is 1. The minimum absolute atomic E-state index is 0.0601. The lowest BCUT2D eigenvalue weighted by molar-refractivity contribution is -0.145. The fraction of sp³-hybridized carbons (Fsp3) is 0.556. The number of H-pyrrole nitrogens is 1. The quantitative estimate of drug-likeness (QED) is 0.886. The maximum atomic E-state index is 12.7. The Hall–Kier alpha value is -2.44. The Kier molecular flexibility index (Phi) is 3.14. The molecule has 2 amide bonds. The molecule has 3 fully saturated rings. The van der Waals surface area contributed by atoms with Crippen LogP contribution in [0.1, 0.15) is 42.6 Å². The number of hydrogen-bond acceptors (Lipinski definition) is 4. The fourth-order valence-electron chi connectivity index (χ4n) is 4.46. The summed E-state index contributed by atoms with van der Waals surface area (Å²) in [4.78, 5) is 31.0. The molecule has 3 aliphatic rings. The smallest absolute Gasteiger partial charge is 0.272 e. The lowest BCUT2D eigenvalue weighted by Crippen LogP contribution is -2.65. The first-order valence-corrected chi connectivity index (χ1v) is 9.04. The summed E-state index contributed by atoms with van der Waals surface area (Å²) in [6, 6.07) is 1.93. The molecule has 1 atom stereocenters. The summed E-state index contributed by atoms with van der Waals surface area (Å²) >= 11 is 0. The molecule has 3 heterocycles. The van der Waals surface area contributed by atoms with Gasteiger partial charge in [0.15, 0.2) is 5.69 Å². The van der Waals surface area contributed by atoms with Gasteiger partial charge in [0.25, 0.3) is 5.91 Å². The molecule has 2 aromatic heterocycles. The molecule has 7 nitrogen and oxygen atoms in total. The fourth-order valence-corrected chi connectivity index (χ4v) is 4.46. The van der Waals surface area contributed by atoms with Gasteiger partial charge in [0, 0.05) is 42.9 Å². The van der Waals surface area contributed by atoms with E-state index in [0.29, 0.717) is 11.6 Å². The molecule has 1 saturated heterocycles. The number of aromatic nitrogens is 3. The van der Waals surface area contributed by atoms with Crippen molar-refractivity contribution in [2.24, 2.45) is 11.3 Å². The maximum absolute atomic E-state index is 12.7. The van der Waals surface area contributed by atoms with Crippen LogP contribution in [0, 0.1) is 11.3 Å². The lowest BCUT2D eigenvalue weighted by atomic mass is 9.74. The van der Waals surface area contributed by atoms with Gasteiger partial charge in [0.05, 0.1) is 10.9 Å². The van der Waals surface area contributed by atoms with E-state index in [2.05, 4.69) is 20.5 Å². The molecular weight excluding hydrogens is 318 g/mol. The van der Waals surface area contributed by atoms with Gasteiger partial charge in [-0.15, -0.1) is 0 Å². The van der Waals surface area contributed by atoms with E-state index in [1.54, 1.807) is 12.4 Å². The summed E-state index contributed by atoms with van der Waals surface area (Å²) < 4.78 is 0. The minimum atomic E-state index is -0.155. The van der Waals surface area contributed by atoms with Crippen LogP contribution in [0.2, 0.25) is 0 Å². The standard InChI is InChI=1S/C18H21N5O2/c24-16(15-12-8-19-7-5-13(12)21-22-15)20-14-2-1-6-18(14)9-23(10-18)17(25)11-3-4-11/h5,7-8,11,14H,1-4,6,9-10H2,(H,20,24)(H,21,22). The normalized spacial score (nSPS) is 24.5. The molecule has 2 aliphatic carbocycles. The summed E-state index contributed by atoms with van der Waals surface area (Å²) in [7, 11) is 0. The molecular formula is C18H21N5O2. The number of amides is 2. The molecule has 130 valence electrons. The van der Waals surface area contributed by atoms with E-state index in [9.17, 15) is 9.59 Å². The molecule has 2 saturated carbocycles. The number of likely N-dealkylation sites (tertiary alicyclic amines) is 1. The van der Waals surface area contributed by atoms with Crippen molar-refractivity contribution in [1.29, 1.82) is 0 Å². The number of nitrogens with zero attached hydrogens (tertiary/aromatic N) is 3. The predicted molar refractivity (Wildman–Crippen MR) is 90.7 cm³/mol. The molecule has 7 heteroatoms. The SMILES string of the molecule is O=C(NC1CCCC12CN(C(=O)C1CC1)C2)c1n[nH]c2ccncc12. The Balaban J connectivity index is 1.30. The number of carbonyl (C=O) groups excluding carboxylic acids is 2. The second-order valence-electron chi connectivity index (χ2n) is 7.74. The first-order valence-electron chi connectivity index (χ1n) is 9.04. The molecule has 5 rings (SSSR count). The molecule has 0 bridgehead atoms. The van der Waals surface area contributed by atoms with E-state index in [1.807, 2.05) is 11.0 Å². The number of nitrogens with one attached hydrogen (secondary N) is 2. The Bertz CT molecular complexity index is 850. The van der Waals surface area contributed by atoms with Crippen molar-refractivity contribution in [1.82, 2.24) is 25.4 Å². The largest absolute Gasteiger partial charge is 0.347 e. The Labute approximate surface area is 145 Å². The predicted octanol–water partition coefficient (Wildman–Crippen LogP) is 1.48. The molecule has 1 unspecified atom stereocenters. The molecule has 25 heavy (non-hydrogen) atoms. The highest BCUT2D eigenvalue weighted by Gasteiger charge is 2.54. The molecule has 0 radical (unpaired) electrons. The zero-order chi connectivity index (χ0) is 17.0. The van der Waals surface area contributed by atoms with Crippen LogP contribution in [-0.4, -0.2) is 51.0 Å². The van der Waals surface area contributed by atoms with Gasteiger partial charge in [-0.05, 0) is 31.7 Å². The average Bonchev–Trinajstić information content (AvgIpc) is 3.21. The van der Waals surface area contributed by atoms with Crippen LogP contribution in [0.15, 0.2) is 18.5 Å². The molecule has 2 N–H and O–H groups in total. The van der Waals surface area contributed by atoms with Crippen molar-refractivity contribution in [3.05, 3.63) is 24.2 Å². The molecule has 1 spiro atoms. The van der Waals surface area contributed by atoms with Gasteiger partial charge >= 0.3 is 0 Å². The average molecular weight is 339 g/mol. The number of fused-ring (bicyclic) bond motifs is 1. The van der Waals surface area contributed by atoms with Crippen LogP contribution in [0.25, 0.3) is 10.9 Å². The molecule has 1 aliphatic heterocycles. The number of hydrogen-bond donors (Lipinski definition) is 2. The van der Waals surface area contributed by atoms with E-state index in [4.69, 9.17) is 0 Å². The number of pyridine rings is 1. The summed E-state index contributed by atoms with van der Waals surface area (Å²) in [5.41, 5.74) is 1.27. The lowest BCUT2D eigenvalue weighted by Gasteiger charge is -2.51. The number of carbonyl (C=O) groups is 2. The summed E-state index contributed by atoms with van der Waals surface area (Å²) in [5.74, 6) is 0.430. The number of rotatable bonds is 3. The van der Waals surface area contributed by atoms with Crippen molar-refractivity contribution in [3.63, 3.8) is 0 Å². The van der Waals surface area contributed by atoms with Crippen LogP contribution in [0.5, 0.6) is 0 Å². The summed E-state index contributed by atoms with van der Waals surface area (Å²) in [5, 5.41) is 11.0. The van der Waals surface area contributed by atoms with Crippen LogP contribution in [-0.2, 0) is 4.79 Å². The zero-order valence-electron chi connectivity index (χ0n) is 14.0. The van der Waals surface area contributed by atoms with Gasteiger partial charge < -0.3 is 10.2 Å². The second-order valence-corrected chi connectivity index (χ2v) is 7.74. The Morgan fingerprint density at radius 2 is 2.12 bits per heavy atom. The van der Waals surface area contributed by atoms with Gasteiger partial charge in [-0.3, -0.25) is 19.7 Å². The van der Waals surface area contributed by atoms with E-state index >= 15 is 0 Å². The minimum Gasteiger partial charge on any atom is -0.347 e. The van der Waals surface area contributed by atoms with Crippen LogP contribution >= 0.6 is 0 Å². The third-order valence-corrected chi connectivity index (χ3v) is 6.04. The van der Waals surface area contributed by atoms with Crippen LogP contribution in [0.3, 0.4) is 0 Å². The van der Waals surface area contributed by atoms with Gasteiger partial charge in [0.1, 0.15) is 0 Å². The molecule has 0 aromatic carbocycles. The summed E-state index contributed by atoms with van der Waals surface area (Å²) in [6.45, 7) is 1.58. The maximum Gasteiger partial charge on any atom is 0.272 e. The van der Waals surface area contributed by atoms with Crippen molar-refractivity contribution < 1.29 is 9.59 Å².